The monoisotopic (exact) mass is 308 g/mol. The van der Waals surface area contributed by atoms with E-state index in [-0.39, 0.29) is 5.91 Å². The molecule has 0 saturated carbocycles. The van der Waals surface area contributed by atoms with Gasteiger partial charge in [0.05, 0.1) is 0 Å². The third-order valence-electron chi connectivity index (χ3n) is 2.93. The Hall–Kier alpha value is -1.58. The molecule has 2 aromatic rings. The molecule has 20 heavy (non-hydrogen) atoms. The van der Waals surface area contributed by atoms with Crippen molar-refractivity contribution in [3.8, 4) is 0 Å². The van der Waals surface area contributed by atoms with Crippen LogP contribution in [0.5, 0.6) is 0 Å². The minimum absolute atomic E-state index is 0.157. The molecule has 1 aromatic carbocycles. The van der Waals surface area contributed by atoms with E-state index in [9.17, 15) is 4.79 Å². The Bertz CT molecular complexity index is 616. The third-order valence-corrected chi connectivity index (χ3v) is 3.53. The number of benzene rings is 1. The van der Waals surface area contributed by atoms with Crippen LogP contribution in [0, 0.1) is 0 Å². The van der Waals surface area contributed by atoms with Crippen LogP contribution < -0.4 is 0 Å². The number of pyridine rings is 1. The zero-order valence-corrected chi connectivity index (χ0v) is 12.5. The molecule has 1 amide bonds. The highest BCUT2D eigenvalue weighted by molar-refractivity contribution is 6.31. The molecule has 104 valence electrons. The lowest BCUT2D eigenvalue weighted by Gasteiger charge is -2.21. The highest BCUT2D eigenvalue weighted by Gasteiger charge is 2.17. The number of nitrogens with zero attached hydrogens (tertiary/aromatic N) is 2. The molecular weight excluding hydrogens is 295 g/mol. The van der Waals surface area contributed by atoms with Gasteiger partial charge in [-0.1, -0.05) is 41.4 Å². The molecule has 0 aliphatic rings. The van der Waals surface area contributed by atoms with Gasteiger partial charge in [-0.15, -0.1) is 0 Å². The largest absolute Gasteiger partial charge is 0.333 e. The summed E-state index contributed by atoms with van der Waals surface area (Å²) >= 11 is 12.0. The lowest BCUT2D eigenvalue weighted by molar-refractivity contribution is 0.0746. The molecule has 0 atom stereocenters. The van der Waals surface area contributed by atoms with E-state index in [1.54, 1.807) is 17.0 Å². The average Bonchev–Trinajstić information content (AvgIpc) is 2.46. The number of aromatic nitrogens is 1. The quantitative estimate of drug-likeness (QED) is 0.853. The Morgan fingerprint density at radius 1 is 1.25 bits per heavy atom. The summed E-state index contributed by atoms with van der Waals surface area (Å²) < 4.78 is 0. The molecule has 1 heterocycles. The predicted octanol–water partition coefficient (Wildman–Crippen LogP) is 4.05. The first-order valence-corrected chi connectivity index (χ1v) is 7.01. The number of hydrogen-bond acceptors (Lipinski definition) is 2. The minimum Gasteiger partial charge on any atom is -0.333 e. The third kappa shape index (κ3) is 3.50. The van der Waals surface area contributed by atoms with E-state index < -0.39 is 0 Å². The summed E-state index contributed by atoms with van der Waals surface area (Å²) in [4.78, 5) is 18.1. The fourth-order valence-corrected chi connectivity index (χ4v) is 2.20. The van der Waals surface area contributed by atoms with Gasteiger partial charge < -0.3 is 4.90 Å². The average molecular weight is 309 g/mol. The summed E-state index contributed by atoms with van der Waals surface area (Å²) in [6.07, 6.45) is 1.53. The van der Waals surface area contributed by atoms with E-state index >= 15 is 0 Å². The Morgan fingerprint density at radius 3 is 2.65 bits per heavy atom. The summed E-state index contributed by atoms with van der Waals surface area (Å²) in [7, 11) is 0. The SMILES string of the molecule is CCN(Cc1ccccc1Cl)C(=O)c1cc(Cl)ccn1. The molecule has 1 aromatic heterocycles. The van der Waals surface area contributed by atoms with Crippen LogP contribution in [0.4, 0.5) is 0 Å². The molecule has 5 heteroatoms. The summed E-state index contributed by atoms with van der Waals surface area (Å²) in [5.74, 6) is -0.157. The molecular formula is C15H14Cl2N2O. The summed E-state index contributed by atoms with van der Waals surface area (Å²) in [6.45, 7) is 2.93. The van der Waals surface area contributed by atoms with E-state index in [1.807, 2.05) is 31.2 Å². The first-order chi connectivity index (χ1) is 9.61. The number of rotatable bonds is 4. The van der Waals surface area contributed by atoms with Gasteiger partial charge in [0.15, 0.2) is 0 Å². The highest BCUT2D eigenvalue weighted by Crippen LogP contribution is 2.18. The highest BCUT2D eigenvalue weighted by atomic mass is 35.5. The van der Waals surface area contributed by atoms with Gasteiger partial charge in [0.2, 0.25) is 0 Å². The molecule has 0 fully saturated rings. The van der Waals surface area contributed by atoms with Crippen LogP contribution in [0.1, 0.15) is 23.0 Å². The summed E-state index contributed by atoms with van der Waals surface area (Å²) in [5, 5.41) is 1.15. The predicted molar refractivity (Wildman–Crippen MR) is 81.1 cm³/mol. The van der Waals surface area contributed by atoms with Crippen LogP contribution in [0.3, 0.4) is 0 Å². The molecule has 0 radical (unpaired) electrons. The first kappa shape index (κ1) is 14.8. The van der Waals surface area contributed by atoms with Gasteiger partial charge in [-0.2, -0.15) is 0 Å². The van der Waals surface area contributed by atoms with Crippen molar-refractivity contribution in [1.82, 2.24) is 9.88 Å². The molecule has 2 rings (SSSR count). The summed E-state index contributed by atoms with van der Waals surface area (Å²) in [6, 6.07) is 10.7. The van der Waals surface area contributed by atoms with Crippen molar-refractivity contribution >= 4 is 29.1 Å². The minimum atomic E-state index is -0.157. The van der Waals surface area contributed by atoms with Crippen molar-refractivity contribution in [3.05, 3.63) is 63.9 Å². The number of carbonyl (C=O) groups excluding carboxylic acids is 1. The van der Waals surface area contributed by atoms with Gasteiger partial charge in [0.1, 0.15) is 5.69 Å². The van der Waals surface area contributed by atoms with Crippen LogP contribution in [0.25, 0.3) is 0 Å². The van der Waals surface area contributed by atoms with E-state index in [0.29, 0.717) is 28.8 Å². The Labute approximate surface area is 128 Å². The first-order valence-electron chi connectivity index (χ1n) is 6.26. The van der Waals surface area contributed by atoms with Crippen LogP contribution >= 0.6 is 23.2 Å². The molecule has 0 saturated heterocycles. The molecule has 0 bridgehead atoms. The molecule has 0 aliphatic heterocycles. The number of carbonyl (C=O) groups is 1. The van der Waals surface area contributed by atoms with Gasteiger partial charge in [-0.3, -0.25) is 9.78 Å². The lowest BCUT2D eigenvalue weighted by atomic mass is 10.2. The summed E-state index contributed by atoms with van der Waals surface area (Å²) in [5.41, 5.74) is 1.25. The number of halogens is 2. The van der Waals surface area contributed by atoms with Crippen molar-refractivity contribution in [2.75, 3.05) is 6.54 Å². The van der Waals surface area contributed by atoms with Crippen molar-refractivity contribution in [1.29, 1.82) is 0 Å². The van der Waals surface area contributed by atoms with Gasteiger partial charge in [0.25, 0.3) is 5.91 Å². The van der Waals surface area contributed by atoms with Gasteiger partial charge in [-0.25, -0.2) is 0 Å². The second-order valence-corrected chi connectivity index (χ2v) is 5.11. The van der Waals surface area contributed by atoms with Crippen molar-refractivity contribution in [2.45, 2.75) is 13.5 Å². The van der Waals surface area contributed by atoms with Gasteiger partial charge in [-0.05, 0) is 30.7 Å². The van der Waals surface area contributed by atoms with E-state index in [4.69, 9.17) is 23.2 Å². The fourth-order valence-electron chi connectivity index (χ4n) is 1.84. The van der Waals surface area contributed by atoms with Gasteiger partial charge in [0, 0.05) is 29.3 Å². The fraction of sp³-hybridized carbons (Fsp3) is 0.200. The Kier molecular flexibility index (Phi) is 4.99. The maximum Gasteiger partial charge on any atom is 0.272 e. The standard InChI is InChI=1S/C15H14Cl2N2O/c1-2-19(10-11-5-3-4-6-13(11)17)15(20)14-9-12(16)7-8-18-14/h3-9H,2,10H2,1H3. The Balaban J connectivity index is 2.20. The molecule has 0 spiro atoms. The van der Waals surface area contributed by atoms with E-state index in [1.165, 1.54) is 6.20 Å². The topological polar surface area (TPSA) is 33.2 Å². The second-order valence-electron chi connectivity index (χ2n) is 4.27. The molecule has 3 nitrogen and oxygen atoms in total. The zero-order chi connectivity index (χ0) is 14.5. The maximum absolute atomic E-state index is 12.4. The van der Waals surface area contributed by atoms with E-state index in [0.717, 1.165) is 5.56 Å². The van der Waals surface area contributed by atoms with Crippen LogP contribution in [0.15, 0.2) is 42.6 Å². The molecule has 0 N–H and O–H groups in total. The van der Waals surface area contributed by atoms with Gasteiger partial charge >= 0.3 is 0 Å². The number of amides is 1. The van der Waals surface area contributed by atoms with Crippen molar-refractivity contribution < 1.29 is 4.79 Å². The molecule has 0 aliphatic carbocycles. The molecule has 0 unspecified atom stereocenters. The zero-order valence-electron chi connectivity index (χ0n) is 11.0. The lowest BCUT2D eigenvalue weighted by Crippen LogP contribution is -2.31. The number of hydrogen-bond donors (Lipinski definition) is 0. The maximum atomic E-state index is 12.4. The van der Waals surface area contributed by atoms with Crippen molar-refractivity contribution in [2.24, 2.45) is 0 Å². The normalized spacial score (nSPS) is 10.3. The smallest absolute Gasteiger partial charge is 0.272 e. The van der Waals surface area contributed by atoms with Crippen LogP contribution in [0.2, 0.25) is 10.0 Å². The van der Waals surface area contributed by atoms with Crippen LogP contribution in [-0.2, 0) is 6.54 Å². The van der Waals surface area contributed by atoms with E-state index in [2.05, 4.69) is 4.98 Å². The second kappa shape index (κ2) is 6.73. The van der Waals surface area contributed by atoms with Crippen LogP contribution in [-0.4, -0.2) is 22.3 Å². The van der Waals surface area contributed by atoms with Crippen molar-refractivity contribution in [3.63, 3.8) is 0 Å². The Morgan fingerprint density at radius 2 is 2.00 bits per heavy atom.